The lowest BCUT2D eigenvalue weighted by atomic mass is 9.84. The van der Waals surface area contributed by atoms with Gasteiger partial charge in [-0.2, -0.15) is 0 Å². The summed E-state index contributed by atoms with van der Waals surface area (Å²) in [7, 11) is 0. The fourth-order valence-electron chi connectivity index (χ4n) is 6.02. The van der Waals surface area contributed by atoms with Crippen LogP contribution in [0.4, 0.5) is 0 Å². The maximum Gasteiger partial charge on any atom is 0.307 e. The van der Waals surface area contributed by atoms with Gasteiger partial charge in [-0.15, -0.1) is 0 Å². The number of likely N-dealkylation sites (tertiary alicyclic amines) is 1. The van der Waals surface area contributed by atoms with Crippen molar-refractivity contribution in [3.05, 3.63) is 59.7 Å². The smallest absolute Gasteiger partial charge is 0.307 e. The predicted octanol–water partition coefficient (Wildman–Crippen LogP) is 8.96. The number of nitrogens with zero attached hydrogens (tertiary/aromatic N) is 1. The Morgan fingerprint density at radius 1 is 0.730 bits per heavy atom. The van der Waals surface area contributed by atoms with Crippen molar-refractivity contribution in [1.82, 2.24) is 4.90 Å². The van der Waals surface area contributed by atoms with E-state index in [1.165, 1.54) is 81.8 Å². The molecule has 202 valence electrons. The van der Waals surface area contributed by atoms with Gasteiger partial charge < -0.3 is 9.47 Å². The summed E-state index contributed by atoms with van der Waals surface area (Å²) in [5, 5.41) is 0. The van der Waals surface area contributed by atoms with Crippen LogP contribution in [0.25, 0.3) is 0 Å². The first-order valence-electron chi connectivity index (χ1n) is 15.0. The summed E-state index contributed by atoms with van der Waals surface area (Å²) in [6, 6.07) is 16.7. The molecule has 4 heteroatoms. The largest absolute Gasteiger partial charge is 0.457 e. The van der Waals surface area contributed by atoms with E-state index < -0.39 is 0 Å². The molecular weight excluding hydrogens is 458 g/mol. The highest BCUT2D eigenvalue weighted by Gasteiger charge is 2.39. The van der Waals surface area contributed by atoms with E-state index in [4.69, 9.17) is 9.47 Å². The van der Waals surface area contributed by atoms with Crippen LogP contribution in [0.2, 0.25) is 0 Å². The standard InChI is InChI=1S/C33H47NO3/c1-2-3-4-5-6-7-8-9-10-11-12-13-14-23-33(35)36-26-34-24-29-27-19-15-17-21-31(27)37-32-22-18-16-20-28(32)30(29)25-34/h15-22,29-30H,2-14,23-26H2,1H3. The molecular formula is C33H47NO3. The summed E-state index contributed by atoms with van der Waals surface area (Å²) in [5.41, 5.74) is 2.51. The Morgan fingerprint density at radius 2 is 1.19 bits per heavy atom. The minimum absolute atomic E-state index is 0.0562. The number of rotatable bonds is 16. The molecule has 0 spiro atoms. The van der Waals surface area contributed by atoms with Crippen LogP contribution in [0.1, 0.15) is 120 Å². The second-order valence-electron chi connectivity index (χ2n) is 11.1. The van der Waals surface area contributed by atoms with Gasteiger partial charge in [0, 0.05) is 31.3 Å². The number of fused-ring (bicyclic) bond motifs is 5. The SMILES string of the molecule is CCCCCCCCCCCCCCCC(=O)OCN1CC2c3ccccc3Oc3ccccc3C2C1. The van der Waals surface area contributed by atoms with Crippen molar-refractivity contribution in [2.24, 2.45) is 0 Å². The normalized spacial score (nSPS) is 18.4. The van der Waals surface area contributed by atoms with Gasteiger partial charge in [0.2, 0.25) is 0 Å². The molecule has 1 fully saturated rings. The molecule has 0 amide bonds. The van der Waals surface area contributed by atoms with Gasteiger partial charge in [0.05, 0.1) is 0 Å². The van der Waals surface area contributed by atoms with Crippen molar-refractivity contribution in [3.63, 3.8) is 0 Å². The molecule has 4 rings (SSSR count). The quantitative estimate of drug-likeness (QED) is 0.169. The number of hydrogen-bond acceptors (Lipinski definition) is 4. The first-order chi connectivity index (χ1) is 18.3. The van der Waals surface area contributed by atoms with Gasteiger partial charge in [-0.25, -0.2) is 0 Å². The molecule has 2 unspecified atom stereocenters. The number of benzene rings is 2. The Morgan fingerprint density at radius 3 is 1.70 bits per heavy atom. The third-order valence-electron chi connectivity index (χ3n) is 8.14. The lowest BCUT2D eigenvalue weighted by Gasteiger charge is -2.17. The molecule has 2 aliphatic rings. The molecule has 2 atom stereocenters. The van der Waals surface area contributed by atoms with Gasteiger partial charge in [0.1, 0.15) is 18.2 Å². The Bertz CT molecular complexity index is 905. The zero-order valence-electron chi connectivity index (χ0n) is 23.0. The molecule has 0 saturated carbocycles. The third-order valence-corrected chi connectivity index (χ3v) is 8.14. The summed E-state index contributed by atoms with van der Waals surface area (Å²) in [5.74, 6) is 2.53. The summed E-state index contributed by atoms with van der Waals surface area (Å²) >= 11 is 0. The maximum absolute atomic E-state index is 12.4. The number of para-hydroxylation sites is 2. The number of ether oxygens (including phenoxy) is 2. The van der Waals surface area contributed by atoms with Crippen molar-refractivity contribution in [2.75, 3.05) is 19.8 Å². The number of hydrogen-bond donors (Lipinski definition) is 0. The Hall–Kier alpha value is -2.33. The van der Waals surface area contributed by atoms with Crippen molar-refractivity contribution in [2.45, 2.75) is 109 Å². The van der Waals surface area contributed by atoms with E-state index in [1.54, 1.807) is 0 Å². The monoisotopic (exact) mass is 505 g/mol. The van der Waals surface area contributed by atoms with Crippen LogP contribution in [-0.2, 0) is 9.53 Å². The van der Waals surface area contributed by atoms with Gasteiger partial charge in [-0.05, 0) is 29.7 Å². The first kappa shape index (κ1) is 27.7. The van der Waals surface area contributed by atoms with E-state index in [0.29, 0.717) is 25.0 Å². The van der Waals surface area contributed by atoms with Gasteiger partial charge in [0.15, 0.2) is 0 Å². The van der Waals surface area contributed by atoms with Gasteiger partial charge in [-0.3, -0.25) is 9.69 Å². The van der Waals surface area contributed by atoms with E-state index in [2.05, 4.69) is 48.2 Å². The summed E-state index contributed by atoms with van der Waals surface area (Å²) < 4.78 is 12.0. The van der Waals surface area contributed by atoms with Gasteiger partial charge >= 0.3 is 5.97 Å². The number of carbonyl (C=O) groups is 1. The Kier molecular flexibility index (Phi) is 11.4. The number of carbonyl (C=O) groups excluding carboxylic acids is 1. The van der Waals surface area contributed by atoms with E-state index in [0.717, 1.165) is 37.4 Å². The summed E-state index contributed by atoms with van der Waals surface area (Å²) in [6.07, 6.45) is 17.6. The molecule has 1 saturated heterocycles. The Labute approximate surface area is 224 Å². The lowest BCUT2D eigenvalue weighted by molar-refractivity contribution is -0.148. The molecule has 2 aliphatic heterocycles. The van der Waals surface area contributed by atoms with Crippen LogP contribution in [0.3, 0.4) is 0 Å². The highest BCUT2D eigenvalue weighted by molar-refractivity contribution is 5.69. The number of esters is 1. The molecule has 0 aliphatic carbocycles. The summed E-state index contributed by atoms with van der Waals surface area (Å²) in [6.45, 7) is 4.42. The van der Waals surface area contributed by atoms with Crippen molar-refractivity contribution in [1.29, 1.82) is 0 Å². The average Bonchev–Trinajstić information content (AvgIpc) is 3.29. The zero-order valence-corrected chi connectivity index (χ0v) is 23.0. The fourth-order valence-corrected chi connectivity index (χ4v) is 6.02. The molecule has 2 heterocycles. The van der Waals surface area contributed by atoms with Crippen molar-refractivity contribution >= 4 is 5.97 Å². The molecule has 0 aromatic heterocycles. The molecule has 0 bridgehead atoms. The maximum atomic E-state index is 12.4. The van der Waals surface area contributed by atoms with E-state index in [9.17, 15) is 4.79 Å². The zero-order chi connectivity index (χ0) is 25.7. The van der Waals surface area contributed by atoms with E-state index in [-0.39, 0.29) is 5.97 Å². The summed E-state index contributed by atoms with van der Waals surface area (Å²) in [4.78, 5) is 14.7. The number of unbranched alkanes of at least 4 members (excludes halogenated alkanes) is 12. The topological polar surface area (TPSA) is 38.8 Å². The van der Waals surface area contributed by atoms with Crippen LogP contribution in [-0.4, -0.2) is 30.7 Å². The van der Waals surface area contributed by atoms with Gasteiger partial charge in [0.25, 0.3) is 0 Å². The lowest BCUT2D eigenvalue weighted by Crippen LogP contribution is -2.26. The average molecular weight is 506 g/mol. The Balaban J connectivity index is 1.10. The highest BCUT2D eigenvalue weighted by Crippen LogP contribution is 2.49. The molecule has 4 nitrogen and oxygen atoms in total. The van der Waals surface area contributed by atoms with Crippen LogP contribution in [0.15, 0.2) is 48.5 Å². The molecule has 37 heavy (non-hydrogen) atoms. The van der Waals surface area contributed by atoms with Crippen LogP contribution in [0.5, 0.6) is 11.5 Å². The molecule has 2 aromatic carbocycles. The van der Waals surface area contributed by atoms with Gasteiger partial charge in [-0.1, -0.05) is 120 Å². The molecule has 2 aromatic rings. The van der Waals surface area contributed by atoms with Crippen LogP contribution in [0, 0.1) is 0 Å². The highest BCUT2D eigenvalue weighted by atomic mass is 16.5. The molecule has 0 N–H and O–H groups in total. The third kappa shape index (κ3) is 8.33. The van der Waals surface area contributed by atoms with Crippen LogP contribution < -0.4 is 4.74 Å². The van der Waals surface area contributed by atoms with Crippen LogP contribution >= 0.6 is 0 Å². The minimum Gasteiger partial charge on any atom is -0.457 e. The minimum atomic E-state index is -0.0562. The first-order valence-corrected chi connectivity index (χ1v) is 15.0. The van der Waals surface area contributed by atoms with E-state index in [1.807, 2.05) is 12.1 Å². The van der Waals surface area contributed by atoms with E-state index >= 15 is 0 Å². The fraction of sp³-hybridized carbons (Fsp3) is 0.606. The second kappa shape index (κ2) is 15.2. The molecule has 0 radical (unpaired) electrons. The van der Waals surface area contributed by atoms with Crippen molar-refractivity contribution in [3.8, 4) is 11.5 Å². The predicted molar refractivity (Wildman–Crippen MR) is 151 cm³/mol. The second-order valence-corrected chi connectivity index (χ2v) is 11.1. The van der Waals surface area contributed by atoms with Crippen molar-refractivity contribution < 1.29 is 14.3 Å².